The lowest BCUT2D eigenvalue weighted by atomic mass is 9.82. The predicted octanol–water partition coefficient (Wildman–Crippen LogP) is -2.04. The highest BCUT2D eigenvalue weighted by Gasteiger charge is 2.32. The lowest BCUT2D eigenvalue weighted by Gasteiger charge is -2.37. The highest BCUT2D eigenvalue weighted by Crippen LogP contribution is 2.29. The summed E-state index contributed by atoms with van der Waals surface area (Å²) in [5.41, 5.74) is 2.51. The minimum atomic E-state index is -0.126. The number of benzene rings is 1. The van der Waals surface area contributed by atoms with E-state index < -0.39 is 0 Å². The summed E-state index contributed by atoms with van der Waals surface area (Å²) in [5.74, 6) is 0.137. The highest BCUT2D eigenvalue weighted by atomic mass is 35.5. The minimum absolute atomic E-state index is 0. The number of imidazole rings is 1. The normalized spacial score (nSPS) is 22.3. The van der Waals surface area contributed by atoms with Crippen LogP contribution in [0.2, 0.25) is 0 Å². The molecule has 2 aliphatic rings. The van der Waals surface area contributed by atoms with Gasteiger partial charge >= 0.3 is 5.69 Å². The number of hydrogen-bond donors (Lipinski definition) is 2. The second-order valence-corrected chi connectivity index (χ2v) is 10.5. The van der Waals surface area contributed by atoms with E-state index in [-0.39, 0.29) is 36.0 Å². The molecule has 0 saturated carbocycles. The van der Waals surface area contributed by atoms with E-state index in [9.17, 15) is 14.4 Å². The zero-order chi connectivity index (χ0) is 23.8. The van der Waals surface area contributed by atoms with Crippen LogP contribution in [0.3, 0.4) is 0 Å². The molecule has 34 heavy (non-hydrogen) atoms. The number of rotatable bonds is 5. The maximum atomic E-state index is 13.1. The molecule has 2 N–H and O–H groups in total. The van der Waals surface area contributed by atoms with Crippen molar-refractivity contribution >= 4 is 22.8 Å². The summed E-state index contributed by atoms with van der Waals surface area (Å²) in [6, 6.07) is 5.60. The number of nitrogens with one attached hydrogen (secondary N) is 2. The fraction of sp³-hybridized carbons (Fsp3) is 0.640. The number of carbonyl (C=O) groups is 2. The van der Waals surface area contributed by atoms with Crippen LogP contribution in [0.1, 0.15) is 62.9 Å². The quantitative estimate of drug-likeness (QED) is 0.506. The maximum Gasteiger partial charge on any atom is 0.329 e. The first kappa shape index (κ1) is 26.3. The average Bonchev–Trinajstić information content (AvgIpc) is 3.04. The van der Waals surface area contributed by atoms with Gasteiger partial charge in [-0.15, -0.1) is 0 Å². The smallest absolute Gasteiger partial charge is 0.329 e. The van der Waals surface area contributed by atoms with Crippen molar-refractivity contribution in [2.75, 3.05) is 39.3 Å². The van der Waals surface area contributed by atoms with Gasteiger partial charge < -0.3 is 27.5 Å². The van der Waals surface area contributed by atoms with Gasteiger partial charge in [-0.3, -0.25) is 18.7 Å². The van der Waals surface area contributed by atoms with Gasteiger partial charge in [-0.25, -0.2) is 4.79 Å². The number of hydrogen-bond acceptors (Lipinski definition) is 3. The molecule has 3 heterocycles. The number of carbonyl (C=O) groups excluding carboxylic acids is 2. The minimum Gasteiger partial charge on any atom is -1.00 e. The van der Waals surface area contributed by atoms with Gasteiger partial charge in [-0.2, -0.15) is 0 Å². The molecule has 0 unspecified atom stereocenters. The molecule has 0 atom stereocenters. The van der Waals surface area contributed by atoms with Gasteiger partial charge in [-0.1, -0.05) is 13.8 Å². The van der Waals surface area contributed by atoms with Crippen LogP contribution < -0.4 is 28.3 Å². The van der Waals surface area contributed by atoms with E-state index in [0.717, 1.165) is 62.9 Å². The molecule has 2 amide bonds. The Morgan fingerprint density at radius 2 is 1.76 bits per heavy atom. The Kier molecular flexibility index (Phi) is 8.14. The van der Waals surface area contributed by atoms with Crippen LogP contribution in [0.25, 0.3) is 11.0 Å². The standard InChI is InChI=1S/C25H37N5O3.ClH/c1-5-26-23(32)18-6-7-20-21(16-18)27(4)24(33)30(20)19-8-12-28(13-9-19)17-22(31)29-14-10-25(2,3)11-15-29;/h6-7,16,19H,5,8-15,17H2,1-4H3,(H,26,32);1H. The number of fused-ring (bicyclic) bond motifs is 1. The average molecular weight is 492 g/mol. The van der Waals surface area contributed by atoms with Gasteiger partial charge in [0, 0.05) is 51.1 Å². The topological polar surface area (TPSA) is 80.8 Å². The molecule has 0 aliphatic carbocycles. The number of halogens is 1. The van der Waals surface area contributed by atoms with Crippen molar-refractivity contribution in [3.63, 3.8) is 0 Å². The van der Waals surface area contributed by atoms with Crippen molar-refractivity contribution in [3.8, 4) is 0 Å². The molecule has 188 valence electrons. The Bertz CT molecular complexity index is 1090. The number of amides is 2. The Hall–Kier alpha value is -2.32. The van der Waals surface area contributed by atoms with E-state index in [4.69, 9.17) is 0 Å². The molecule has 1 aromatic heterocycles. The molecule has 9 heteroatoms. The Labute approximate surface area is 207 Å². The number of nitrogens with zero attached hydrogens (tertiary/aromatic N) is 3. The second kappa shape index (κ2) is 10.5. The first-order valence-electron chi connectivity index (χ1n) is 12.3. The van der Waals surface area contributed by atoms with Crippen LogP contribution in [0.15, 0.2) is 23.0 Å². The Morgan fingerprint density at radius 1 is 1.12 bits per heavy atom. The van der Waals surface area contributed by atoms with Crippen LogP contribution in [-0.2, 0) is 11.8 Å². The van der Waals surface area contributed by atoms with E-state index >= 15 is 0 Å². The fourth-order valence-electron chi connectivity index (χ4n) is 5.25. The summed E-state index contributed by atoms with van der Waals surface area (Å²) >= 11 is 0. The second-order valence-electron chi connectivity index (χ2n) is 10.5. The molecule has 0 radical (unpaired) electrons. The summed E-state index contributed by atoms with van der Waals surface area (Å²) in [6.07, 6.45) is 3.88. The molecule has 2 fully saturated rings. The van der Waals surface area contributed by atoms with Crippen molar-refractivity contribution in [2.45, 2.75) is 52.5 Å². The molecule has 4 rings (SSSR count). The molecule has 0 spiro atoms. The summed E-state index contributed by atoms with van der Waals surface area (Å²) < 4.78 is 3.53. The number of aromatic nitrogens is 2. The third-order valence-corrected chi connectivity index (χ3v) is 7.59. The SMILES string of the molecule is CCNC(=O)c1ccc2c(c1)n(C)c(=O)n2C1CC[NH+](CC(=O)N2CCC(C)(C)CC2)CC1.[Cl-]. The van der Waals surface area contributed by atoms with Crippen LogP contribution in [0.4, 0.5) is 0 Å². The van der Waals surface area contributed by atoms with E-state index in [2.05, 4.69) is 19.2 Å². The van der Waals surface area contributed by atoms with Crippen molar-refractivity contribution in [3.05, 3.63) is 34.2 Å². The van der Waals surface area contributed by atoms with Crippen LogP contribution in [-0.4, -0.2) is 65.1 Å². The Morgan fingerprint density at radius 3 is 2.38 bits per heavy atom. The van der Waals surface area contributed by atoms with E-state index in [1.54, 1.807) is 23.7 Å². The van der Waals surface area contributed by atoms with Crippen LogP contribution in [0.5, 0.6) is 0 Å². The van der Waals surface area contributed by atoms with E-state index in [1.165, 1.54) is 4.90 Å². The van der Waals surface area contributed by atoms with Gasteiger partial charge in [-0.05, 0) is 43.4 Å². The lowest BCUT2D eigenvalue weighted by molar-refractivity contribution is -0.898. The maximum absolute atomic E-state index is 13.1. The van der Waals surface area contributed by atoms with Gasteiger partial charge in [0.25, 0.3) is 11.8 Å². The predicted molar refractivity (Wildman–Crippen MR) is 129 cm³/mol. The molecule has 8 nitrogen and oxygen atoms in total. The van der Waals surface area contributed by atoms with Gasteiger partial charge in [0.2, 0.25) is 0 Å². The summed E-state index contributed by atoms with van der Waals surface area (Å²) in [7, 11) is 1.77. The third-order valence-electron chi connectivity index (χ3n) is 7.59. The summed E-state index contributed by atoms with van der Waals surface area (Å²) in [6.45, 7) is 11.1. The zero-order valence-corrected chi connectivity index (χ0v) is 21.6. The largest absolute Gasteiger partial charge is 1.00 e. The molecule has 2 aromatic rings. The third kappa shape index (κ3) is 5.33. The van der Waals surface area contributed by atoms with Gasteiger partial charge in [0.15, 0.2) is 6.54 Å². The molecular weight excluding hydrogens is 454 g/mol. The van der Waals surface area contributed by atoms with Crippen molar-refractivity contribution < 1.29 is 26.9 Å². The van der Waals surface area contributed by atoms with Crippen molar-refractivity contribution in [1.82, 2.24) is 19.4 Å². The highest BCUT2D eigenvalue weighted by molar-refractivity contribution is 5.97. The Balaban J connectivity index is 0.00000324. The van der Waals surface area contributed by atoms with Crippen LogP contribution >= 0.6 is 0 Å². The number of quaternary nitrogens is 1. The monoisotopic (exact) mass is 491 g/mol. The van der Waals surface area contributed by atoms with Crippen molar-refractivity contribution in [2.24, 2.45) is 12.5 Å². The van der Waals surface area contributed by atoms with E-state index in [0.29, 0.717) is 24.1 Å². The summed E-state index contributed by atoms with van der Waals surface area (Å²) in [5, 5.41) is 2.81. The van der Waals surface area contributed by atoms with E-state index in [1.807, 2.05) is 22.5 Å². The molecule has 2 aliphatic heterocycles. The van der Waals surface area contributed by atoms with Gasteiger partial charge in [0.1, 0.15) is 0 Å². The molecular formula is C25H38ClN5O3. The number of piperidine rings is 2. The first-order valence-corrected chi connectivity index (χ1v) is 12.3. The fourth-order valence-corrected chi connectivity index (χ4v) is 5.25. The van der Waals surface area contributed by atoms with Gasteiger partial charge in [0.05, 0.1) is 24.1 Å². The first-order chi connectivity index (χ1) is 15.7. The molecule has 0 bridgehead atoms. The summed E-state index contributed by atoms with van der Waals surface area (Å²) in [4.78, 5) is 41.4. The lowest BCUT2D eigenvalue weighted by Crippen LogP contribution is -3.14. The number of aryl methyl sites for hydroxylation is 1. The van der Waals surface area contributed by atoms with Crippen LogP contribution in [0, 0.1) is 5.41 Å². The molecule has 1 aromatic carbocycles. The van der Waals surface area contributed by atoms with Crippen molar-refractivity contribution in [1.29, 1.82) is 0 Å². The zero-order valence-electron chi connectivity index (χ0n) is 20.8. The molecule has 2 saturated heterocycles. The number of likely N-dealkylation sites (tertiary alicyclic amines) is 2.